The number of hydrogen-bond donors (Lipinski definition) is 0. The Labute approximate surface area is 376 Å². The molecule has 14 rings (SSSR count). The van der Waals surface area contributed by atoms with Crippen LogP contribution in [0.5, 0.6) is 0 Å². The van der Waals surface area contributed by atoms with Crippen LogP contribution in [0.4, 0.5) is 0 Å². The molecule has 0 spiro atoms. The molecule has 6 heteroatoms. The van der Waals surface area contributed by atoms with Gasteiger partial charge < -0.3 is 8.98 Å². The number of thiophene rings is 1. The minimum absolute atomic E-state index is 0.558. The predicted molar refractivity (Wildman–Crippen MR) is 271 cm³/mol. The average molecular weight is 847 g/mol. The van der Waals surface area contributed by atoms with Crippen molar-refractivity contribution in [3.63, 3.8) is 0 Å². The third-order valence-corrected chi connectivity index (χ3v) is 14.2. The molecule has 14 aromatic rings. The van der Waals surface area contributed by atoms with Crippen molar-refractivity contribution >= 4 is 96.8 Å². The van der Waals surface area contributed by atoms with E-state index in [9.17, 15) is 0 Å². The molecule has 10 aromatic carbocycles. The lowest BCUT2D eigenvalue weighted by Crippen LogP contribution is -2.04. The molecular weight excluding hydrogens is 813 g/mol. The van der Waals surface area contributed by atoms with Crippen LogP contribution in [0.3, 0.4) is 0 Å². The van der Waals surface area contributed by atoms with Gasteiger partial charge in [0.05, 0.1) is 11.0 Å². The Hall–Kier alpha value is -8.45. The Bertz CT molecular complexity index is 4240. The number of para-hydroxylation sites is 1. The quantitative estimate of drug-likeness (QED) is 0.173. The molecule has 0 bridgehead atoms. The highest BCUT2D eigenvalue weighted by molar-refractivity contribution is 7.25. The van der Waals surface area contributed by atoms with E-state index in [-0.39, 0.29) is 0 Å². The van der Waals surface area contributed by atoms with Crippen molar-refractivity contribution in [2.24, 2.45) is 0 Å². The van der Waals surface area contributed by atoms with Gasteiger partial charge >= 0.3 is 0 Å². The zero-order valence-corrected chi connectivity index (χ0v) is 35.6. The summed E-state index contributed by atoms with van der Waals surface area (Å²) in [7, 11) is 0. The Balaban J connectivity index is 1.11. The maximum Gasteiger partial charge on any atom is 0.166 e. The van der Waals surface area contributed by atoms with Crippen molar-refractivity contribution in [2.45, 2.75) is 0 Å². The van der Waals surface area contributed by atoms with Crippen molar-refractivity contribution in [3.8, 4) is 51.0 Å². The monoisotopic (exact) mass is 846 g/mol. The number of aromatic nitrogens is 4. The maximum atomic E-state index is 7.15. The van der Waals surface area contributed by atoms with Crippen LogP contribution < -0.4 is 0 Å². The van der Waals surface area contributed by atoms with Crippen LogP contribution in [-0.2, 0) is 0 Å². The van der Waals surface area contributed by atoms with E-state index >= 15 is 0 Å². The first-order chi connectivity index (χ1) is 32.2. The van der Waals surface area contributed by atoms with Gasteiger partial charge in [-0.15, -0.1) is 11.3 Å². The predicted octanol–water partition coefficient (Wildman–Crippen LogP) is 16.2. The Morgan fingerprint density at radius 3 is 1.86 bits per heavy atom. The molecule has 0 radical (unpaired) electrons. The zero-order valence-electron chi connectivity index (χ0n) is 34.7. The molecule has 4 heterocycles. The van der Waals surface area contributed by atoms with Gasteiger partial charge in [0.1, 0.15) is 11.3 Å². The highest BCUT2D eigenvalue weighted by atomic mass is 32.1. The molecule has 4 aromatic heterocycles. The second-order valence-electron chi connectivity index (χ2n) is 16.7. The average Bonchev–Trinajstić information content (AvgIpc) is 4.05. The molecule has 0 aliphatic heterocycles. The first-order valence-electron chi connectivity index (χ1n) is 21.8. The minimum atomic E-state index is 0.558. The number of benzene rings is 10. The van der Waals surface area contributed by atoms with E-state index in [1.54, 1.807) is 11.3 Å². The number of rotatable bonds is 5. The van der Waals surface area contributed by atoms with Crippen molar-refractivity contribution in [2.75, 3.05) is 0 Å². The molecule has 0 saturated carbocycles. The fraction of sp³-hybridized carbons (Fsp3) is 0. The van der Waals surface area contributed by atoms with Crippen molar-refractivity contribution in [1.82, 2.24) is 19.5 Å². The Morgan fingerprint density at radius 1 is 0.369 bits per heavy atom. The molecule has 302 valence electrons. The number of hydrogen-bond acceptors (Lipinski definition) is 5. The summed E-state index contributed by atoms with van der Waals surface area (Å²) in [5.74, 6) is 1.76. The maximum absolute atomic E-state index is 7.15. The summed E-state index contributed by atoms with van der Waals surface area (Å²) in [6, 6.07) is 73.1. The standard InChI is InChI=1S/C59H34N4OS/c1-2-13-35(14-3-1)36-25-27-38(28-26-36)57-60-58(45-21-12-24-52-54(45)43-20-9-11-23-51(43)65-52)62-59(61-57)46-31-30-44-53-41-18-7-6-15-37(41)29-32-50(53)64-56(44)55(46)63-48-22-10-8-19-42(48)47-33-39-16-4-5-17-40(39)34-49(47)63/h1-34H. The lowest BCUT2D eigenvalue weighted by Gasteiger charge is -2.16. The van der Waals surface area contributed by atoms with E-state index in [2.05, 4.69) is 205 Å². The van der Waals surface area contributed by atoms with E-state index in [0.29, 0.717) is 17.5 Å². The number of nitrogens with zero attached hydrogens (tertiary/aromatic N) is 4. The molecule has 0 N–H and O–H groups in total. The van der Waals surface area contributed by atoms with Gasteiger partial charge in [-0.25, -0.2) is 15.0 Å². The largest absolute Gasteiger partial charge is 0.454 e. The second kappa shape index (κ2) is 14.0. The fourth-order valence-corrected chi connectivity index (χ4v) is 11.2. The van der Waals surface area contributed by atoms with Gasteiger partial charge in [-0.3, -0.25) is 0 Å². The van der Waals surface area contributed by atoms with Gasteiger partial charge in [0, 0.05) is 58.4 Å². The highest BCUT2D eigenvalue weighted by Gasteiger charge is 2.26. The van der Waals surface area contributed by atoms with Crippen LogP contribution in [-0.4, -0.2) is 19.5 Å². The number of furan rings is 1. The van der Waals surface area contributed by atoms with Gasteiger partial charge in [0.15, 0.2) is 23.1 Å². The molecule has 0 aliphatic rings. The summed E-state index contributed by atoms with van der Waals surface area (Å²) in [4.78, 5) is 16.3. The molecule has 0 amide bonds. The van der Waals surface area contributed by atoms with Crippen molar-refractivity contribution in [1.29, 1.82) is 0 Å². The molecule has 0 aliphatic carbocycles. The summed E-state index contributed by atoms with van der Waals surface area (Å²) in [6.45, 7) is 0. The highest BCUT2D eigenvalue weighted by Crippen LogP contribution is 2.46. The van der Waals surface area contributed by atoms with E-state index in [4.69, 9.17) is 19.4 Å². The van der Waals surface area contributed by atoms with Gasteiger partial charge in [0.2, 0.25) is 0 Å². The molecule has 0 unspecified atom stereocenters. The van der Waals surface area contributed by atoms with Gasteiger partial charge in [-0.05, 0) is 81.2 Å². The summed E-state index contributed by atoms with van der Waals surface area (Å²) in [6.07, 6.45) is 0. The lowest BCUT2D eigenvalue weighted by molar-refractivity contribution is 0.667. The third kappa shape index (κ3) is 5.54. The summed E-state index contributed by atoms with van der Waals surface area (Å²) in [5.41, 5.74) is 9.61. The fourth-order valence-electron chi connectivity index (χ4n) is 10.0. The first kappa shape index (κ1) is 36.1. The number of fused-ring (bicyclic) bond motifs is 12. The molecule has 0 saturated heterocycles. The van der Waals surface area contributed by atoms with Gasteiger partial charge in [-0.1, -0.05) is 158 Å². The molecule has 65 heavy (non-hydrogen) atoms. The van der Waals surface area contributed by atoms with Crippen LogP contribution in [0.15, 0.2) is 211 Å². The smallest absolute Gasteiger partial charge is 0.166 e. The first-order valence-corrected chi connectivity index (χ1v) is 22.7. The van der Waals surface area contributed by atoms with E-state index in [1.165, 1.54) is 20.2 Å². The van der Waals surface area contributed by atoms with E-state index in [1.807, 2.05) is 6.07 Å². The molecule has 0 fully saturated rings. The Kier molecular flexibility index (Phi) is 7.79. The Morgan fingerprint density at radius 2 is 1.02 bits per heavy atom. The van der Waals surface area contributed by atoms with Crippen LogP contribution in [0.25, 0.3) is 136 Å². The van der Waals surface area contributed by atoms with Crippen molar-refractivity contribution < 1.29 is 4.42 Å². The summed E-state index contributed by atoms with van der Waals surface area (Å²) >= 11 is 1.79. The summed E-state index contributed by atoms with van der Waals surface area (Å²) in [5, 5.41) is 11.4. The SMILES string of the molecule is c1ccc(-c2ccc(-c3nc(-c4ccc5c(oc6ccc7ccccc7c65)c4-n4c5ccccc5c5cc6ccccc6cc54)nc(-c4cccc5sc6ccccc6c45)n3)cc2)cc1. The van der Waals surface area contributed by atoms with Crippen molar-refractivity contribution in [3.05, 3.63) is 206 Å². The second-order valence-corrected chi connectivity index (χ2v) is 17.8. The topological polar surface area (TPSA) is 56.7 Å². The lowest BCUT2D eigenvalue weighted by atomic mass is 10.0. The van der Waals surface area contributed by atoms with E-state index in [0.717, 1.165) is 98.8 Å². The minimum Gasteiger partial charge on any atom is -0.454 e. The van der Waals surface area contributed by atoms with Crippen LogP contribution in [0.2, 0.25) is 0 Å². The van der Waals surface area contributed by atoms with Gasteiger partial charge in [-0.2, -0.15) is 0 Å². The zero-order chi connectivity index (χ0) is 42.6. The third-order valence-electron chi connectivity index (χ3n) is 13.0. The van der Waals surface area contributed by atoms with Crippen LogP contribution in [0.1, 0.15) is 0 Å². The van der Waals surface area contributed by atoms with Crippen LogP contribution >= 0.6 is 11.3 Å². The van der Waals surface area contributed by atoms with E-state index < -0.39 is 0 Å². The van der Waals surface area contributed by atoms with Gasteiger partial charge in [0.25, 0.3) is 0 Å². The normalized spacial score (nSPS) is 12.0. The summed E-state index contributed by atoms with van der Waals surface area (Å²) < 4.78 is 11.9. The van der Waals surface area contributed by atoms with Crippen LogP contribution in [0, 0.1) is 0 Å². The molecule has 5 nitrogen and oxygen atoms in total. The molecular formula is C59H34N4OS. The molecule has 0 atom stereocenters.